The van der Waals surface area contributed by atoms with E-state index < -0.39 is 12.5 Å². The molecule has 0 bridgehead atoms. The fourth-order valence-electron chi connectivity index (χ4n) is 3.53. The molecule has 0 aliphatic rings. The highest BCUT2D eigenvalue weighted by atomic mass is 35.5. The van der Waals surface area contributed by atoms with Gasteiger partial charge in [0, 0.05) is 17.6 Å². The summed E-state index contributed by atoms with van der Waals surface area (Å²) < 4.78 is 30.6. The van der Waals surface area contributed by atoms with Crippen LogP contribution in [-0.2, 0) is 7.05 Å². The number of pyridine rings is 1. The van der Waals surface area contributed by atoms with E-state index >= 15 is 0 Å². The van der Waals surface area contributed by atoms with Crippen LogP contribution < -0.4 is 10.2 Å². The number of fused-ring (bicyclic) bond motifs is 1. The highest BCUT2D eigenvalue weighted by Gasteiger charge is 2.19. The van der Waals surface area contributed by atoms with Gasteiger partial charge in [-0.15, -0.1) is 0 Å². The maximum Gasteiger partial charge on any atom is 0.387 e. The number of carbonyl (C=O) groups excluding carboxylic acids is 1. The van der Waals surface area contributed by atoms with Gasteiger partial charge in [-0.2, -0.15) is 19.0 Å². The van der Waals surface area contributed by atoms with E-state index in [4.69, 9.17) is 11.6 Å². The molecule has 7 nitrogen and oxygen atoms in total. The number of halogens is 3. The van der Waals surface area contributed by atoms with E-state index in [0.29, 0.717) is 44.3 Å². The third-order valence-corrected chi connectivity index (χ3v) is 5.43. The predicted octanol–water partition coefficient (Wildman–Crippen LogP) is 5.35. The molecule has 0 saturated carbocycles. The summed E-state index contributed by atoms with van der Waals surface area (Å²) in [6, 6.07) is 14.8. The normalized spacial score (nSPS) is 11.8. The van der Waals surface area contributed by atoms with Crippen molar-refractivity contribution in [3.8, 4) is 17.0 Å². The monoisotopic (exact) mass is 483 g/mol. The van der Waals surface area contributed by atoms with Crippen molar-refractivity contribution in [3.05, 3.63) is 76.4 Å². The lowest BCUT2D eigenvalue weighted by atomic mass is 10.1. The van der Waals surface area contributed by atoms with Gasteiger partial charge in [0.25, 0.3) is 5.91 Å². The number of aryl methyl sites for hydroxylation is 2. The maximum atomic E-state index is 13.2. The third kappa shape index (κ3) is 4.89. The molecule has 0 saturated heterocycles. The van der Waals surface area contributed by atoms with Gasteiger partial charge in [-0.3, -0.25) is 9.48 Å². The summed E-state index contributed by atoms with van der Waals surface area (Å²) >= 11 is 6.00. The Labute approximate surface area is 199 Å². The molecule has 0 aliphatic heterocycles. The van der Waals surface area contributed by atoms with Crippen LogP contribution in [0.3, 0.4) is 0 Å². The molecular weight excluding hydrogens is 464 g/mol. The number of alkyl halides is 2. The molecule has 4 aromatic rings. The molecule has 0 fully saturated rings. The summed E-state index contributed by atoms with van der Waals surface area (Å²) in [5.41, 5.74) is 6.68. The number of carbonyl (C=O) groups is 1. The van der Waals surface area contributed by atoms with Crippen molar-refractivity contribution in [3.63, 3.8) is 0 Å². The fraction of sp³-hybridized carbons (Fsp3) is 0.167. The van der Waals surface area contributed by atoms with Gasteiger partial charge < -0.3 is 4.74 Å². The maximum absolute atomic E-state index is 13.2. The molecule has 1 N–H and O–H groups in total. The molecule has 0 unspecified atom stereocenters. The SMILES string of the molecule is C/C(=N/NC(=O)c1cc(-c2ccc(Cl)cc2)nc2c1c(C)nn2C)c1ccc(OC(F)F)cc1. The van der Waals surface area contributed by atoms with Crippen molar-refractivity contribution >= 4 is 34.3 Å². The van der Waals surface area contributed by atoms with Crippen LogP contribution in [0.4, 0.5) is 8.78 Å². The van der Waals surface area contributed by atoms with Crippen LogP contribution >= 0.6 is 11.6 Å². The van der Waals surface area contributed by atoms with E-state index in [-0.39, 0.29) is 5.75 Å². The van der Waals surface area contributed by atoms with E-state index in [2.05, 4.69) is 25.3 Å². The summed E-state index contributed by atoms with van der Waals surface area (Å²) in [4.78, 5) is 17.8. The quantitative estimate of drug-likeness (QED) is 0.296. The average molecular weight is 484 g/mol. The van der Waals surface area contributed by atoms with Crippen LogP contribution in [0.25, 0.3) is 22.3 Å². The Bertz CT molecular complexity index is 1380. The lowest BCUT2D eigenvalue weighted by molar-refractivity contribution is -0.0498. The molecule has 0 spiro atoms. The van der Waals surface area contributed by atoms with Gasteiger partial charge in [0.15, 0.2) is 5.65 Å². The molecule has 0 aliphatic carbocycles. The summed E-state index contributed by atoms with van der Waals surface area (Å²) in [5, 5.41) is 9.81. The second-order valence-corrected chi connectivity index (χ2v) is 7.95. The zero-order valence-electron chi connectivity index (χ0n) is 18.5. The van der Waals surface area contributed by atoms with Crippen molar-refractivity contribution in [2.45, 2.75) is 20.5 Å². The minimum Gasteiger partial charge on any atom is -0.435 e. The van der Waals surface area contributed by atoms with Crippen LogP contribution in [0.5, 0.6) is 5.75 Å². The van der Waals surface area contributed by atoms with E-state index in [1.54, 1.807) is 55.9 Å². The number of nitrogens with zero attached hydrogens (tertiary/aromatic N) is 4. The first kappa shape index (κ1) is 23.3. The predicted molar refractivity (Wildman–Crippen MR) is 126 cm³/mol. The Kier molecular flexibility index (Phi) is 6.56. The highest BCUT2D eigenvalue weighted by molar-refractivity contribution is 6.30. The van der Waals surface area contributed by atoms with Gasteiger partial charge in [0.1, 0.15) is 5.75 Å². The Hall–Kier alpha value is -3.85. The largest absolute Gasteiger partial charge is 0.435 e. The topological polar surface area (TPSA) is 81.4 Å². The molecule has 2 heterocycles. The summed E-state index contributed by atoms with van der Waals surface area (Å²) in [6.07, 6.45) is 0. The number of amides is 1. The Morgan fingerprint density at radius 2 is 1.82 bits per heavy atom. The summed E-state index contributed by atoms with van der Waals surface area (Å²) in [7, 11) is 1.76. The second kappa shape index (κ2) is 9.56. The molecular formula is C24H20ClF2N5O2. The summed E-state index contributed by atoms with van der Waals surface area (Å²) in [5.74, 6) is -0.396. The molecule has 2 aromatic carbocycles. The molecule has 0 radical (unpaired) electrons. The highest BCUT2D eigenvalue weighted by Crippen LogP contribution is 2.27. The lowest BCUT2D eigenvalue weighted by Crippen LogP contribution is -2.20. The number of ether oxygens (including phenoxy) is 1. The van der Waals surface area contributed by atoms with Crippen LogP contribution in [0, 0.1) is 6.92 Å². The lowest BCUT2D eigenvalue weighted by Gasteiger charge is -2.09. The van der Waals surface area contributed by atoms with Gasteiger partial charge in [0.05, 0.1) is 28.0 Å². The third-order valence-electron chi connectivity index (χ3n) is 5.18. The Balaban J connectivity index is 1.65. The van der Waals surface area contributed by atoms with Gasteiger partial charge in [-0.1, -0.05) is 23.7 Å². The fourth-order valence-corrected chi connectivity index (χ4v) is 3.66. The molecule has 4 rings (SSSR count). The zero-order chi connectivity index (χ0) is 24.4. The number of rotatable bonds is 6. The van der Waals surface area contributed by atoms with E-state index in [1.807, 2.05) is 12.1 Å². The van der Waals surface area contributed by atoms with Crippen LogP contribution in [0.2, 0.25) is 5.02 Å². The van der Waals surface area contributed by atoms with Crippen molar-refractivity contribution in [1.82, 2.24) is 20.2 Å². The molecule has 2 aromatic heterocycles. The smallest absolute Gasteiger partial charge is 0.387 e. The Morgan fingerprint density at radius 3 is 2.47 bits per heavy atom. The number of nitrogens with one attached hydrogen (secondary N) is 1. The minimum absolute atomic E-state index is 0.0385. The van der Waals surface area contributed by atoms with Crippen LogP contribution in [-0.4, -0.2) is 33.0 Å². The zero-order valence-corrected chi connectivity index (χ0v) is 19.3. The number of hydrogen-bond donors (Lipinski definition) is 1. The number of benzene rings is 2. The van der Waals surface area contributed by atoms with E-state index in [9.17, 15) is 13.6 Å². The number of hydrogen-bond acceptors (Lipinski definition) is 5. The van der Waals surface area contributed by atoms with Crippen LogP contribution in [0.1, 0.15) is 28.5 Å². The van der Waals surface area contributed by atoms with Crippen molar-refractivity contribution in [1.29, 1.82) is 0 Å². The molecule has 34 heavy (non-hydrogen) atoms. The van der Waals surface area contributed by atoms with Gasteiger partial charge in [-0.25, -0.2) is 10.4 Å². The molecule has 10 heteroatoms. The van der Waals surface area contributed by atoms with E-state index in [1.165, 1.54) is 12.1 Å². The Morgan fingerprint density at radius 1 is 1.15 bits per heavy atom. The summed E-state index contributed by atoms with van der Waals surface area (Å²) in [6.45, 7) is 0.603. The van der Waals surface area contributed by atoms with Gasteiger partial charge in [0.2, 0.25) is 0 Å². The first-order valence-electron chi connectivity index (χ1n) is 10.2. The number of aromatic nitrogens is 3. The van der Waals surface area contributed by atoms with Crippen LogP contribution in [0.15, 0.2) is 59.7 Å². The molecule has 174 valence electrons. The van der Waals surface area contributed by atoms with Gasteiger partial charge in [-0.05, 0) is 61.9 Å². The first-order valence-corrected chi connectivity index (χ1v) is 10.6. The molecule has 0 atom stereocenters. The second-order valence-electron chi connectivity index (χ2n) is 7.51. The van der Waals surface area contributed by atoms with Crippen molar-refractivity contribution < 1.29 is 18.3 Å². The van der Waals surface area contributed by atoms with Crippen molar-refractivity contribution in [2.24, 2.45) is 12.1 Å². The first-order chi connectivity index (χ1) is 16.2. The van der Waals surface area contributed by atoms with Crippen molar-refractivity contribution in [2.75, 3.05) is 0 Å². The molecule has 1 amide bonds. The average Bonchev–Trinajstić information content (AvgIpc) is 3.10. The standard InChI is InChI=1S/C24H20ClF2N5O2/c1-13(15-6-10-18(11-7-15)34-24(26)27)29-30-23(33)19-12-20(16-4-8-17(25)9-5-16)28-22-21(19)14(2)31-32(22)3/h4-12,24H,1-3H3,(H,30,33)/b29-13-. The van der Waals surface area contributed by atoms with E-state index in [0.717, 1.165) is 5.56 Å². The number of hydrazone groups is 1. The minimum atomic E-state index is -2.90. The van der Waals surface area contributed by atoms with Gasteiger partial charge >= 0.3 is 6.61 Å².